The largest absolute Gasteiger partial charge is 0.464 e. The van der Waals surface area contributed by atoms with Gasteiger partial charge in [-0.05, 0) is 13.0 Å². The molecule has 0 saturated carbocycles. The van der Waals surface area contributed by atoms with E-state index in [4.69, 9.17) is 4.74 Å². The molecule has 0 aromatic carbocycles. The highest BCUT2D eigenvalue weighted by Gasteiger charge is 2.21. The monoisotopic (exact) mass is 292 g/mol. The predicted molar refractivity (Wildman–Crippen MR) is 70.2 cm³/mol. The summed E-state index contributed by atoms with van der Waals surface area (Å²) in [4.78, 5) is 25.6. The zero-order chi connectivity index (χ0) is 15.4. The minimum absolute atomic E-state index is 0.0824. The summed E-state index contributed by atoms with van der Waals surface area (Å²) in [6.07, 6.45) is 2.97. The first-order chi connectivity index (χ1) is 10.0. The molecule has 2 rings (SSSR count). The van der Waals surface area contributed by atoms with Gasteiger partial charge in [-0.1, -0.05) is 0 Å². The van der Waals surface area contributed by atoms with Crippen molar-refractivity contribution in [3.05, 3.63) is 40.3 Å². The van der Waals surface area contributed by atoms with Crippen LogP contribution in [0.1, 0.15) is 17.4 Å². The number of hydrogen-bond acceptors (Lipinski definition) is 7. The third kappa shape index (κ3) is 3.14. The molecule has 0 aliphatic heterocycles. The summed E-state index contributed by atoms with van der Waals surface area (Å²) >= 11 is 0. The van der Waals surface area contributed by atoms with Gasteiger partial charge in [-0.3, -0.25) is 14.8 Å². The van der Waals surface area contributed by atoms with Crippen LogP contribution in [0.4, 0.5) is 5.69 Å². The maximum absolute atomic E-state index is 11.4. The predicted octanol–water partition coefficient (Wildman–Crippen LogP) is 1.79. The van der Waals surface area contributed by atoms with Crippen molar-refractivity contribution < 1.29 is 19.2 Å². The van der Waals surface area contributed by atoms with Gasteiger partial charge in [-0.25, -0.2) is 4.79 Å². The van der Waals surface area contributed by atoms with Gasteiger partial charge in [0, 0.05) is 12.6 Å². The molecule has 2 heterocycles. The summed E-state index contributed by atoms with van der Waals surface area (Å²) in [5, 5.41) is 15.0. The molecule has 110 valence electrons. The lowest BCUT2D eigenvalue weighted by molar-refractivity contribution is -0.386. The van der Waals surface area contributed by atoms with Crippen molar-refractivity contribution in [2.75, 3.05) is 7.11 Å². The molecule has 0 saturated heterocycles. The molecule has 2 aromatic rings. The van der Waals surface area contributed by atoms with Gasteiger partial charge in [0.2, 0.25) is 0 Å². The first kappa shape index (κ1) is 14.4. The van der Waals surface area contributed by atoms with Crippen LogP contribution in [0.5, 0.6) is 11.6 Å². The number of rotatable bonds is 5. The quantitative estimate of drug-likeness (QED) is 0.469. The van der Waals surface area contributed by atoms with Crippen LogP contribution in [-0.4, -0.2) is 32.8 Å². The number of nitro groups is 1. The molecule has 0 fully saturated rings. The highest BCUT2D eigenvalue weighted by Crippen LogP contribution is 2.29. The Kier molecular flexibility index (Phi) is 4.12. The first-order valence-corrected chi connectivity index (χ1v) is 5.99. The Labute approximate surface area is 119 Å². The summed E-state index contributed by atoms with van der Waals surface area (Å²) < 4.78 is 11.5. The number of nitrogens with zero attached hydrogens (tertiary/aromatic N) is 4. The van der Waals surface area contributed by atoms with Crippen molar-refractivity contribution in [2.24, 2.45) is 0 Å². The minimum atomic E-state index is -0.709. The smallest absolute Gasteiger partial charge is 0.356 e. The average molecular weight is 292 g/mol. The molecule has 0 bridgehead atoms. The number of esters is 1. The lowest BCUT2D eigenvalue weighted by Gasteiger charge is -2.04. The van der Waals surface area contributed by atoms with E-state index in [1.807, 2.05) is 6.92 Å². The fourth-order valence-corrected chi connectivity index (χ4v) is 1.55. The lowest BCUT2D eigenvalue weighted by atomic mass is 10.3. The van der Waals surface area contributed by atoms with Gasteiger partial charge in [-0.2, -0.15) is 10.1 Å². The molecular formula is C12H12N4O5. The molecule has 0 atom stereocenters. The Balaban J connectivity index is 2.38. The van der Waals surface area contributed by atoms with Crippen molar-refractivity contribution in [2.45, 2.75) is 13.5 Å². The minimum Gasteiger partial charge on any atom is -0.464 e. The summed E-state index contributed by atoms with van der Waals surface area (Å²) in [6.45, 7) is 2.51. The fraction of sp³-hybridized carbons (Fsp3) is 0.250. The molecule has 0 aliphatic rings. The van der Waals surface area contributed by atoms with Crippen molar-refractivity contribution >= 4 is 11.7 Å². The van der Waals surface area contributed by atoms with Crippen LogP contribution in [0.3, 0.4) is 0 Å². The first-order valence-electron chi connectivity index (χ1n) is 5.99. The molecule has 21 heavy (non-hydrogen) atoms. The van der Waals surface area contributed by atoms with Gasteiger partial charge in [-0.15, -0.1) is 0 Å². The Morgan fingerprint density at radius 1 is 1.48 bits per heavy atom. The SMILES string of the molecule is CCn1cc(Oc2nc(C(=O)OC)ccc2[N+](=O)[O-])cn1. The number of hydrogen-bond donors (Lipinski definition) is 0. The van der Waals surface area contributed by atoms with Crippen LogP contribution in [0.2, 0.25) is 0 Å². The molecule has 0 N–H and O–H groups in total. The van der Waals surface area contributed by atoms with E-state index < -0.39 is 10.9 Å². The van der Waals surface area contributed by atoms with Crippen LogP contribution in [0.15, 0.2) is 24.5 Å². The summed E-state index contributed by atoms with van der Waals surface area (Å²) in [6, 6.07) is 2.34. The molecule has 0 amide bonds. The maximum Gasteiger partial charge on any atom is 0.356 e. The topological polar surface area (TPSA) is 109 Å². The van der Waals surface area contributed by atoms with E-state index in [9.17, 15) is 14.9 Å². The van der Waals surface area contributed by atoms with E-state index in [2.05, 4.69) is 14.8 Å². The van der Waals surface area contributed by atoms with E-state index >= 15 is 0 Å². The normalized spacial score (nSPS) is 10.2. The third-order valence-corrected chi connectivity index (χ3v) is 2.58. The van der Waals surface area contributed by atoms with Gasteiger partial charge >= 0.3 is 17.5 Å². The second-order valence-electron chi connectivity index (χ2n) is 3.90. The molecular weight excluding hydrogens is 280 g/mol. The van der Waals surface area contributed by atoms with E-state index in [0.29, 0.717) is 6.54 Å². The van der Waals surface area contributed by atoms with Gasteiger partial charge in [0.05, 0.1) is 24.4 Å². The number of ether oxygens (including phenoxy) is 2. The average Bonchev–Trinajstić information content (AvgIpc) is 2.93. The molecule has 0 unspecified atom stereocenters. The van der Waals surface area contributed by atoms with E-state index in [1.165, 1.54) is 19.4 Å². The number of aryl methyl sites for hydroxylation is 1. The van der Waals surface area contributed by atoms with Gasteiger partial charge in [0.1, 0.15) is 0 Å². The van der Waals surface area contributed by atoms with Gasteiger partial charge < -0.3 is 9.47 Å². The standard InChI is InChI=1S/C12H12N4O5/c1-3-15-7-8(6-13-15)21-11-10(16(18)19)5-4-9(14-11)12(17)20-2/h4-7H,3H2,1-2H3. The van der Waals surface area contributed by atoms with Crippen molar-refractivity contribution in [1.82, 2.24) is 14.8 Å². The van der Waals surface area contributed by atoms with Crippen LogP contribution in [0, 0.1) is 10.1 Å². The van der Waals surface area contributed by atoms with E-state index in [0.717, 1.165) is 6.07 Å². The Bertz CT molecular complexity index is 682. The van der Waals surface area contributed by atoms with Crippen LogP contribution >= 0.6 is 0 Å². The molecule has 0 radical (unpaired) electrons. The van der Waals surface area contributed by atoms with Crippen LogP contribution < -0.4 is 4.74 Å². The Morgan fingerprint density at radius 2 is 2.24 bits per heavy atom. The second-order valence-corrected chi connectivity index (χ2v) is 3.90. The number of pyridine rings is 1. The molecule has 9 nitrogen and oxygen atoms in total. The van der Waals surface area contributed by atoms with Crippen LogP contribution in [-0.2, 0) is 11.3 Å². The highest BCUT2D eigenvalue weighted by atomic mass is 16.6. The summed E-state index contributed by atoms with van der Waals surface area (Å²) in [7, 11) is 1.19. The van der Waals surface area contributed by atoms with Gasteiger partial charge in [0.15, 0.2) is 11.4 Å². The molecule has 9 heteroatoms. The van der Waals surface area contributed by atoms with Gasteiger partial charge in [0.25, 0.3) is 0 Å². The fourth-order valence-electron chi connectivity index (χ4n) is 1.55. The Hall–Kier alpha value is -2.97. The van der Waals surface area contributed by atoms with Crippen molar-refractivity contribution in [1.29, 1.82) is 0 Å². The van der Waals surface area contributed by atoms with Crippen LogP contribution in [0.25, 0.3) is 0 Å². The van der Waals surface area contributed by atoms with Crippen molar-refractivity contribution in [3.8, 4) is 11.6 Å². The zero-order valence-corrected chi connectivity index (χ0v) is 11.3. The number of methoxy groups -OCH3 is 1. The summed E-state index contributed by atoms with van der Waals surface area (Å²) in [5.41, 5.74) is -0.437. The lowest BCUT2D eigenvalue weighted by Crippen LogP contribution is -2.06. The Morgan fingerprint density at radius 3 is 2.81 bits per heavy atom. The van der Waals surface area contributed by atoms with E-state index in [1.54, 1.807) is 10.9 Å². The number of carbonyl (C=O) groups is 1. The second kappa shape index (κ2) is 5.99. The highest BCUT2D eigenvalue weighted by molar-refractivity contribution is 5.87. The summed E-state index contributed by atoms with van der Waals surface area (Å²) in [5.74, 6) is -0.716. The zero-order valence-electron chi connectivity index (χ0n) is 11.3. The van der Waals surface area contributed by atoms with E-state index in [-0.39, 0.29) is 23.0 Å². The maximum atomic E-state index is 11.4. The molecule has 0 aliphatic carbocycles. The molecule has 0 spiro atoms. The third-order valence-electron chi connectivity index (χ3n) is 2.58. The molecule has 2 aromatic heterocycles. The number of carbonyl (C=O) groups excluding carboxylic acids is 1. The number of aromatic nitrogens is 3. The van der Waals surface area contributed by atoms with Crippen molar-refractivity contribution in [3.63, 3.8) is 0 Å².